The molecule has 3 aromatic carbocycles. The van der Waals surface area contributed by atoms with Gasteiger partial charge < -0.3 is 0 Å². The predicted molar refractivity (Wildman–Crippen MR) is 98.5 cm³/mol. The molecule has 0 saturated heterocycles. The van der Waals surface area contributed by atoms with Crippen molar-refractivity contribution in [1.29, 1.82) is 0 Å². The summed E-state index contributed by atoms with van der Waals surface area (Å²) in [5, 5.41) is 0.840. The van der Waals surface area contributed by atoms with Gasteiger partial charge in [0.2, 0.25) is 0 Å². The molecule has 0 radical (unpaired) electrons. The molecule has 22 heavy (non-hydrogen) atoms. The van der Waals surface area contributed by atoms with Crippen molar-refractivity contribution in [2.45, 2.75) is 20.8 Å². The van der Waals surface area contributed by atoms with E-state index in [1.165, 1.54) is 11.1 Å². The molecule has 0 N–H and O–H groups in total. The van der Waals surface area contributed by atoms with Gasteiger partial charge in [-0.25, -0.2) is 0 Å². The van der Waals surface area contributed by atoms with Gasteiger partial charge in [0, 0.05) is 5.02 Å². The van der Waals surface area contributed by atoms with Crippen LogP contribution in [0.3, 0.4) is 0 Å². The van der Waals surface area contributed by atoms with E-state index in [2.05, 4.69) is 38.1 Å². The van der Waals surface area contributed by atoms with Crippen LogP contribution >= 0.6 is 11.6 Å². The van der Waals surface area contributed by atoms with E-state index in [4.69, 9.17) is 11.6 Å². The Morgan fingerprint density at radius 2 is 0.864 bits per heavy atom. The minimum atomic E-state index is 0.840. The summed E-state index contributed by atoms with van der Waals surface area (Å²) in [6.45, 7) is 6.16. The van der Waals surface area contributed by atoms with E-state index in [1.807, 2.05) is 67.6 Å². The fourth-order valence-corrected chi connectivity index (χ4v) is 1.76. The molecular formula is C21H23Cl. The Labute approximate surface area is 139 Å². The molecule has 0 heterocycles. The SMILES string of the molecule is Cc1ccccc1.Cc1ccccc1.Cc1ccccc1Cl. The lowest BCUT2D eigenvalue weighted by Crippen LogP contribution is -1.68. The molecule has 1 heteroatoms. The number of aryl methyl sites for hydroxylation is 3. The largest absolute Gasteiger partial charge is 0.0841 e. The zero-order valence-corrected chi connectivity index (χ0v) is 14.2. The van der Waals surface area contributed by atoms with Crippen LogP contribution in [0.1, 0.15) is 16.7 Å². The molecule has 0 fully saturated rings. The van der Waals surface area contributed by atoms with Gasteiger partial charge in [-0.1, -0.05) is 102 Å². The van der Waals surface area contributed by atoms with Crippen LogP contribution in [0.15, 0.2) is 84.9 Å². The zero-order chi connectivity index (χ0) is 16.2. The van der Waals surface area contributed by atoms with Crippen LogP contribution < -0.4 is 0 Å². The van der Waals surface area contributed by atoms with Gasteiger partial charge in [0.15, 0.2) is 0 Å². The van der Waals surface area contributed by atoms with Crippen molar-refractivity contribution < 1.29 is 0 Å². The molecule has 0 aliphatic rings. The highest BCUT2D eigenvalue weighted by molar-refractivity contribution is 6.31. The molecule has 0 nitrogen and oxygen atoms in total. The number of hydrogen-bond donors (Lipinski definition) is 0. The van der Waals surface area contributed by atoms with E-state index in [9.17, 15) is 0 Å². The zero-order valence-electron chi connectivity index (χ0n) is 13.5. The first kappa shape index (κ1) is 18.0. The summed E-state index contributed by atoms with van der Waals surface area (Å²) in [6, 6.07) is 28.3. The van der Waals surface area contributed by atoms with Gasteiger partial charge in [-0.15, -0.1) is 0 Å². The molecule has 3 rings (SSSR count). The highest BCUT2D eigenvalue weighted by atomic mass is 35.5. The molecule has 0 atom stereocenters. The summed E-state index contributed by atoms with van der Waals surface area (Å²) in [7, 11) is 0. The third kappa shape index (κ3) is 8.28. The van der Waals surface area contributed by atoms with Crippen molar-refractivity contribution in [3.05, 3.63) is 107 Å². The Hall–Kier alpha value is -2.05. The average molecular weight is 311 g/mol. The second kappa shape index (κ2) is 10.6. The van der Waals surface area contributed by atoms with Crippen molar-refractivity contribution in [2.75, 3.05) is 0 Å². The first-order valence-corrected chi connectivity index (χ1v) is 7.72. The lowest BCUT2D eigenvalue weighted by atomic mass is 10.2. The van der Waals surface area contributed by atoms with Gasteiger partial charge in [-0.05, 0) is 32.4 Å². The number of benzene rings is 3. The maximum Gasteiger partial charge on any atom is 0.0435 e. The van der Waals surface area contributed by atoms with Gasteiger partial charge in [0.05, 0.1) is 0 Å². The van der Waals surface area contributed by atoms with Crippen LogP contribution in [-0.2, 0) is 0 Å². The second-order valence-corrected chi connectivity index (χ2v) is 5.47. The lowest BCUT2D eigenvalue weighted by molar-refractivity contribution is 1.47. The maximum atomic E-state index is 5.71. The summed E-state index contributed by atoms with van der Waals surface area (Å²) in [4.78, 5) is 0. The monoisotopic (exact) mass is 310 g/mol. The lowest BCUT2D eigenvalue weighted by Gasteiger charge is -1.90. The first-order valence-electron chi connectivity index (χ1n) is 7.34. The average Bonchev–Trinajstić information content (AvgIpc) is 2.53. The second-order valence-electron chi connectivity index (χ2n) is 5.06. The Bertz CT molecular complexity index is 572. The van der Waals surface area contributed by atoms with E-state index in [1.54, 1.807) is 0 Å². The van der Waals surface area contributed by atoms with Crippen molar-refractivity contribution in [3.8, 4) is 0 Å². The summed E-state index contributed by atoms with van der Waals surface area (Å²) in [5.74, 6) is 0. The molecule has 0 amide bonds. The molecule has 0 aliphatic heterocycles. The van der Waals surface area contributed by atoms with E-state index < -0.39 is 0 Å². The summed E-state index contributed by atoms with van der Waals surface area (Å²) in [5.41, 5.74) is 3.78. The van der Waals surface area contributed by atoms with E-state index in [0.717, 1.165) is 10.6 Å². The van der Waals surface area contributed by atoms with Crippen LogP contribution in [0.5, 0.6) is 0 Å². The van der Waals surface area contributed by atoms with Crippen molar-refractivity contribution in [3.63, 3.8) is 0 Å². The number of halogens is 1. The first-order chi connectivity index (χ1) is 10.6. The van der Waals surface area contributed by atoms with Gasteiger partial charge in [0.1, 0.15) is 0 Å². The third-order valence-corrected chi connectivity index (χ3v) is 3.38. The molecule has 0 spiro atoms. The third-order valence-electron chi connectivity index (χ3n) is 2.96. The molecule has 0 bridgehead atoms. The smallest absolute Gasteiger partial charge is 0.0435 e. The van der Waals surface area contributed by atoms with Crippen LogP contribution in [0.25, 0.3) is 0 Å². The molecule has 114 valence electrons. The quantitative estimate of drug-likeness (QED) is 0.436. The van der Waals surface area contributed by atoms with Crippen LogP contribution in [-0.4, -0.2) is 0 Å². The van der Waals surface area contributed by atoms with Crippen molar-refractivity contribution >= 4 is 11.6 Å². The fourth-order valence-electron chi connectivity index (χ4n) is 1.62. The Morgan fingerprint density at radius 1 is 0.500 bits per heavy atom. The summed E-state index contributed by atoms with van der Waals surface area (Å²) >= 11 is 5.71. The van der Waals surface area contributed by atoms with Gasteiger partial charge in [0.25, 0.3) is 0 Å². The van der Waals surface area contributed by atoms with Crippen molar-refractivity contribution in [2.24, 2.45) is 0 Å². The molecule has 0 aliphatic carbocycles. The Morgan fingerprint density at radius 3 is 1.09 bits per heavy atom. The Kier molecular flexibility index (Phi) is 8.71. The standard InChI is InChI=1S/C7H7Cl.2C7H8/c1-6-4-2-3-5-7(6)8;2*1-7-5-3-2-4-6-7/h2-5H,1H3;2*2-6H,1H3. The molecule has 0 unspecified atom stereocenters. The molecular weight excluding hydrogens is 288 g/mol. The van der Waals surface area contributed by atoms with Crippen molar-refractivity contribution in [1.82, 2.24) is 0 Å². The topological polar surface area (TPSA) is 0 Å². The fraction of sp³-hybridized carbons (Fsp3) is 0.143. The van der Waals surface area contributed by atoms with Crippen LogP contribution in [0, 0.1) is 20.8 Å². The Balaban J connectivity index is 0.000000166. The molecule has 3 aromatic rings. The minimum absolute atomic E-state index is 0.840. The van der Waals surface area contributed by atoms with Gasteiger partial charge >= 0.3 is 0 Å². The van der Waals surface area contributed by atoms with Crippen LogP contribution in [0.2, 0.25) is 5.02 Å². The normalized spacial score (nSPS) is 8.91. The number of hydrogen-bond acceptors (Lipinski definition) is 0. The highest BCUT2D eigenvalue weighted by Crippen LogP contribution is 2.11. The summed E-state index contributed by atoms with van der Waals surface area (Å²) < 4.78 is 0. The van der Waals surface area contributed by atoms with E-state index >= 15 is 0 Å². The highest BCUT2D eigenvalue weighted by Gasteiger charge is 1.86. The molecule has 0 aromatic heterocycles. The van der Waals surface area contributed by atoms with E-state index in [0.29, 0.717) is 0 Å². The van der Waals surface area contributed by atoms with Crippen LogP contribution in [0.4, 0.5) is 0 Å². The van der Waals surface area contributed by atoms with Gasteiger partial charge in [-0.3, -0.25) is 0 Å². The molecule has 0 saturated carbocycles. The minimum Gasteiger partial charge on any atom is -0.0841 e. The van der Waals surface area contributed by atoms with E-state index in [-0.39, 0.29) is 0 Å². The summed E-state index contributed by atoms with van der Waals surface area (Å²) in [6.07, 6.45) is 0. The van der Waals surface area contributed by atoms with Gasteiger partial charge in [-0.2, -0.15) is 0 Å². The number of rotatable bonds is 0. The maximum absolute atomic E-state index is 5.71. The predicted octanol–water partition coefficient (Wildman–Crippen LogP) is 6.64.